The van der Waals surface area contributed by atoms with Gasteiger partial charge in [-0.05, 0) is 91.4 Å². The van der Waals surface area contributed by atoms with Gasteiger partial charge in [-0.2, -0.15) is 0 Å². The summed E-state index contributed by atoms with van der Waals surface area (Å²) in [5.74, 6) is 1.49. The first-order valence-corrected chi connectivity index (χ1v) is 9.15. The first kappa shape index (κ1) is 15.3. The number of phenols is 1. The van der Waals surface area contributed by atoms with E-state index >= 15 is 0 Å². The van der Waals surface area contributed by atoms with Crippen molar-refractivity contribution >= 4 is 0 Å². The predicted octanol–water partition coefficient (Wildman–Crippen LogP) is 4.56. The normalized spacial score (nSPS) is 42.3. The van der Waals surface area contributed by atoms with Crippen LogP contribution in [0, 0.1) is 16.7 Å². The summed E-state index contributed by atoms with van der Waals surface area (Å²) in [5, 5.41) is 20.5. The van der Waals surface area contributed by atoms with Crippen LogP contribution in [0.3, 0.4) is 0 Å². The number of aryl methyl sites for hydroxylation is 1. The summed E-state index contributed by atoms with van der Waals surface area (Å²) in [7, 11) is 0. The number of allylic oxidation sites excluding steroid dienone is 2. The van der Waals surface area contributed by atoms with Gasteiger partial charge in [-0.15, -0.1) is 0 Å². The second-order valence-corrected chi connectivity index (χ2v) is 8.24. The van der Waals surface area contributed by atoms with Crippen molar-refractivity contribution in [1.29, 1.82) is 0 Å². The number of hydrogen-bond donors (Lipinski definition) is 2. The number of aliphatic hydroxyl groups excluding tert-OH is 1. The Hall–Kier alpha value is -1.28. The molecule has 0 spiro atoms. The molecule has 0 unspecified atom stereocenters. The summed E-state index contributed by atoms with van der Waals surface area (Å²) in [5.41, 5.74) is 3.03. The van der Waals surface area contributed by atoms with Gasteiger partial charge in [-0.1, -0.05) is 25.1 Å². The molecule has 0 saturated heterocycles. The average Bonchev–Trinajstić information content (AvgIpc) is 2.84. The third kappa shape index (κ3) is 1.97. The number of benzene rings is 1. The van der Waals surface area contributed by atoms with E-state index in [2.05, 4.69) is 32.1 Å². The van der Waals surface area contributed by atoms with E-state index < -0.39 is 0 Å². The van der Waals surface area contributed by atoms with Crippen molar-refractivity contribution in [2.75, 3.05) is 0 Å². The van der Waals surface area contributed by atoms with E-state index in [0.29, 0.717) is 17.6 Å². The van der Waals surface area contributed by atoms with Crippen molar-refractivity contribution in [2.45, 2.75) is 64.4 Å². The van der Waals surface area contributed by atoms with Crippen LogP contribution < -0.4 is 0 Å². The summed E-state index contributed by atoms with van der Waals surface area (Å²) in [6.07, 6.45) is 11.1. The lowest BCUT2D eigenvalue weighted by Gasteiger charge is -2.57. The van der Waals surface area contributed by atoms with Crippen molar-refractivity contribution in [3.63, 3.8) is 0 Å². The molecule has 0 aliphatic heterocycles. The Labute approximate surface area is 139 Å². The molecule has 1 aromatic carbocycles. The van der Waals surface area contributed by atoms with Crippen LogP contribution in [0.5, 0.6) is 5.75 Å². The molecular weight excluding hydrogens is 284 g/mol. The average molecular weight is 312 g/mol. The zero-order valence-electron chi connectivity index (χ0n) is 14.3. The van der Waals surface area contributed by atoms with E-state index in [1.165, 1.54) is 11.1 Å². The molecule has 124 valence electrons. The van der Waals surface area contributed by atoms with Gasteiger partial charge in [-0.3, -0.25) is 0 Å². The molecule has 2 heteroatoms. The number of aromatic hydroxyl groups is 1. The lowest BCUT2D eigenvalue weighted by molar-refractivity contribution is -0.0530. The molecule has 23 heavy (non-hydrogen) atoms. The third-order valence-electron chi connectivity index (χ3n) is 7.36. The minimum absolute atomic E-state index is 0.0738. The van der Waals surface area contributed by atoms with Crippen LogP contribution in [0.15, 0.2) is 30.4 Å². The SMILES string of the molecule is C/C=C/[C@@]12CCc3cc(O)ccc3[C@H]1CC[C@@]1(C)[C@H]2CC[C@@H]1O. The fraction of sp³-hybridized carbons (Fsp3) is 0.619. The maximum absolute atomic E-state index is 10.6. The second-order valence-electron chi connectivity index (χ2n) is 8.24. The fourth-order valence-corrected chi connectivity index (χ4v) is 6.33. The zero-order chi connectivity index (χ0) is 16.2. The van der Waals surface area contributed by atoms with Crippen molar-refractivity contribution in [3.8, 4) is 5.75 Å². The highest BCUT2D eigenvalue weighted by molar-refractivity contribution is 5.43. The second kappa shape index (κ2) is 5.11. The van der Waals surface area contributed by atoms with Crippen LogP contribution in [0.2, 0.25) is 0 Å². The van der Waals surface area contributed by atoms with Crippen molar-refractivity contribution in [1.82, 2.24) is 0 Å². The van der Waals surface area contributed by atoms with Crippen molar-refractivity contribution < 1.29 is 10.2 Å². The van der Waals surface area contributed by atoms with Gasteiger partial charge < -0.3 is 10.2 Å². The van der Waals surface area contributed by atoms with Crippen LogP contribution in [0.1, 0.15) is 63.0 Å². The summed E-state index contributed by atoms with van der Waals surface area (Å²) >= 11 is 0. The van der Waals surface area contributed by atoms with Crippen molar-refractivity contribution in [3.05, 3.63) is 41.5 Å². The Kier molecular flexibility index (Phi) is 3.39. The van der Waals surface area contributed by atoms with E-state index in [1.807, 2.05) is 12.1 Å². The lowest BCUT2D eigenvalue weighted by atomic mass is 9.47. The van der Waals surface area contributed by atoms with E-state index in [4.69, 9.17) is 0 Å². The van der Waals surface area contributed by atoms with Crippen LogP contribution in [-0.2, 0) is 6.42 Å². The summed E-state index contributed by atoms with van der Waals surface area (Å²) in [6, 6.07) is 5.97. The van der Waals surface area contributed by atoms with E-state index in [1.54, 1.807) is 0 Å². The Bertz CT molecular complexity index is 649. The van der Waals surface area contributed by atoms with Gasteiger partial charge in [0.1, 0.15) is 5.75 Å². The van der Waals surface area contributed by atoms with E-state index in [9.17, 15) is 10.2 Å². The molecule has 2 N–H and O–H groups in total. The molecule has 1 aromatic rings. The van der Waals surface area contributed by atoms with Gasteiger partial charge in [0.2, 0.25) is 0 Å². The molecule has 0 bridgehead atoms. The van der Waals surface area contributed by atoms with E-state index in [0.717, 1.165) is 38.5 Å². The Balaban J connectivity index is 1.84. The first-order chi connectivity index (χ1) is 11.0. The number of aliphatic hydroxyl groups is 1. The van der Waals surface area contributed by atoms with Crippen LogP contribution in [0.4, 0.5) is 0 Å². The Morgan fingerprint density at radius 1 is 1.17 bits per heavy atom. The Morgan fingerprint density at radius 2 is 2.00 bits per heavy atom. The maximum atomic E-state index is 10.6. The molecule has 2 saturated carbocycles. The molecule has 0 radical (unpaired) electrons. The fourth-order valence-electron chi connectivity index (χ4n) is 6.33. The lowest BCUT2D eigenvalue weighted by Crippen LogP contribution is -2.50. The summed E-state index contributed by atoms with van der Waals surface area (Å²) in [6.45, 7) is 4.46. The monoisotopic (exact) mass is 312 g/mol. The number of phenolic OH excluding ortho intramolecular Hbond substituents is 1. The largest absolute Gasteiger partial charge is 0.508 e. The Morgan fingerprint density at radius 3 is 2.78 bits per heavy atom. The topological polar surface area (TPSA) is 40.5 Å². The van der Waals surface area contributed by atoms with Crippen LogP contribution in [-0.4, -0.2) is 16.3 Å². The number of fused-ring (bicyclic) bond motifs is 5. The minimum atomic E-state index is -0.142. The van der Waals surface area contributed by atoms with Gasteiger partial charge in [-0.25, -0.2) is 0 Å². The minimum Gasteiger partial charge on any atom is -0.508 e. The number of rotatable bonds is 1. The van der Waals surface area contributed by atoms with Crippen LogP contribution in [0.25, 0.3) is 0 Å². The quantitative estimate of drug-likeness (QED) is 0.747. The third-order valence-corrected chi connectivity index (χ3v) is 7.36. The summed E-state index contributed by atoms with van der Waals surface area (Å²) < 4.78 is 0. The van der Waals surface area contributed by atoms with Crippen LogP contribution >= 0.6 is 0 Å². The molecule has 2 nitrogen and oxygen atoms in total. The highest BCUT2D eigenvalue weighted by Gasteiger charge is 2.60. The molecule has 3 aliphatic rings. The molecule has 0 heterocycles. The molecule has 2 fully saturated rings. The maximum Gasteiger partial charge on any atom is 0.115 e. The van der Waals surface area contributed by atoms with Gasteiger partial charge in [0.15, 0.2) is 0 Å². The highest BCUT2D eigenvalue weighted by Crippen LogP contribution is 2.67. The molecule has 0 aromatic heterocycles. The summed E-state index contributed by atoms with van der Waals surface area (Å²) in [4.78, 5) is 0. The number of hydrogen-bond acceptors (Lipinski definition) is 2. The molecule has 0 amide bonds. The smallest absolute Gasteiger partial charge is 0.115 e. The van der Waals surface area contributed by atoms with Gasteiger partial charge in [0, 0.05) is 0 Å². The molecule has 5 atom stereocenters. The van der Waals surface area contributed by atoms with Crippen molar-refractivity contribution in [2.24, 2.45) is 16.7 Å². The molecule has 4 rings (SSSR count). The highest BCUT2D eigenvalue weighted by atomic mass is 16.3. The van der Waals surface area contributed by atoms with Gasteiger partial charge in [0.25, 0.3) is 0 Å². The van der Waals surface area contributed by atoms with Gasteiger partial charge in [0.05, 0.1) is 6.10 Å². The zero-order valence-corrected chi connectivity index (χ0v) is 14.3. The molecular formula is C21H28O2. The molecule has 3 aliphatic carbocycles. The van der Waals surface area contributed by atoms with E-state index in [-0.39, 0.29) is 16.9 Å². The predicted molar refractivity (Wildman–Crippen MR) is 92.5 cm³/mol. The van der Waals surface area contributed by atoms with Gasteiger partial charge >= 0.3 is 0 Å². The standard InChI is InChI=1S/C21H28O2/c1-3-10-21-12-8-14-13-15(22)4-5-16(14)17(21)9-11-20(2)18(21)6-7-19(20)23/h3-5,10,13,17-19,22-23H,6-9,11-12H2,1-2H3/b10-3+/t17-,18-,19+,20+,21-/m1/s1. The first-order valence-electron chi connectivity index (χ1n) is 9.15.